The standard InChI is InChI=1S/C8H9ClO/c1-3-4-5-8(6-9)7(2)10/h3-6H,1H2,2H3/b5-4-,8-6-. The monoisotopic (exact) mass is 156 g/mol. The van der Waals surface area contributed by atoms with Crippen LogP contribution in [0.3, 0.4) is 0 Å². The van der Waals surface area contributed by atoms with Crippen molar-refractivity contribution in [2.75, 3.05) is 0 Å². The van der Waals surface area contributed by atoms with Gasteiger partial charge in [-0.2, -0.15) is 0 Å². The SMILES string of the molecule is C=C/C=C\C(=C\Cl)C(C)=O. The fraction of sp³-hybridized carbons (Fsp3) is 0.125. The Labute approximate surface area is 65.7 Å². The molecule has 0 saturated carbocycles. The summed E-state index contributed by atoms with van der Waals surface area (Å²) in [5.74, 6) is -0.0481. The van der Waals surface area contributed by atoms with E-state index >= 15 is 0 Å². The quantitative estimate of drug-likeness (QED) is 0.453. The van der Waals surface area contributed by atoms with Crippen LogP contribution in [0.15, 0.2) is 35.9 Å². The fourth-order valence-corrected chi connectivity index (χ4v) is 0.629. The number of Topliss-reactive ketones (excluding diaryl/α,β-unsaturated/α-hetero) is 1. The lowest BCUT2D eigenvalue weighted by Crippen LogP contribution is -1.90. The number of carbonyl (C=O) groups excluding carboxylic acids is 1. The molecule has 2 heteroatoms. The molecule has 0 aliphatic carbocycles. The molecule has 0 bridgehead atoms. The maximum absolute atomic E-state index is 10.6. The van der Waals surface area contributed by atoms with Gasteiger partial charge in [-0.05, 0) is 6.92 Å². The van der Waals surface area contributed by atoms with Crippen LogP contribution in [0.2, 0.25) is 0 Å². The first-order valence-electron chi connectivity index (χ1n) is 2.82. The molecule has 0 amide bonds. The zero-order chi connectivity index (χ0) is 7.98. The van der Waals surface area contributed by atoms with Crippen LogP contribution < -0.4 is 0 Å². The lowest BCUT2D eigenvalue weighted by molar-refractivity contribution is -0.113. The van der Waals surface area contributed by atoms with Gasteiger partial charge < -0.3 is 0 Å². The van der Waals surface area contributed by atoms with Crippen molar-refractivity contribution < 1.29 is 4.79 Å². The number of carbonyl (C=O) groups is 1. The first-order valence-corrected chi connectivity index (χ1v) is 3.26. The van der Waals surface area contributed by atoms with E-state index in [0.717, 1.165) is 0 Å². The Bertz CT molecular complexity index is 189. The molecule has 0 N–H and O–H groups in total. The van der Waals surface area contributed by atoms with E-state index in [2.05, 4.69) is 6.58 Å². The van der Waals surface area contributed by atoms with Gasteiger partial charge in [0.2, 0.25) is 0 Å². The summed E-state index contributed by atoms with van der Waals surface area (Å²) in [7, 11) is 0. The van der Waals surface area contributed by atoms with Crippen molar-refractivity contribution in [3.63, 3.8) is 0 Å². The van der Waals surface area contributed by atoms with Gasteiger partial charge in [0.05, 0.1) is 0 Å². The lowest BCUT2D eigenvalue weighted by Gasteiger charge is -1.88. The maximum atomic E-state index is 10.6. The number of halogens is 1. The Kier molecular flexibility index (Phi) is 4.59. The van der Waals surface area contributed by atoms with E-state index in [-0.39, 0.29) is 5.78 Å². The minimum Gasteiger partial charge on any atom is -0.294 e. The summed E-state index contributed by atoms with van der Waals surface area (Å²) in [6, 6.07) is 0. The van der Waals surface area contributed by atoms with Gasteiger partial charge in [0.1, 0.15) is 0 Å². The predicted octanol–water partition coefficient (Wildman–Crippen LogP) is 2.44. The van der Waals surface area contributed by atoms with Crippen LogP contribution in [0.5, 0.6) is 0 Å². The van der Waals surface area contributed by atoms with Crippen molar-refractivity contribution in [2.24, 2.45) is 0 Å². The van der Waals surface area contributed by atoms with Crippen molar-refractivity contribution in [1.29, 1.82) is 0 Å². The van der Waals surface area contributed by atoms with E-state index in [9.17, 15) is 4.79 Å². The van der Waals surface area contributed by atoms with Gasteiger partial charge in [-0.25, -0.2) is 0 Å². The summed E-state index contributed by atoms with van der Waals surface area (Å²) in [6.45, 7) is 4.92. The van der Waals surface area contributed by atoms with E-state index in [0.29, 0.717) is 5.57 Å². The molecule has 1 nitrogen and oxygen atoms in total. The van der Waals surface area contributed by atoms with E-state index in [1.807, 2.05) is 0 Å². The zero-order valence-corrected chi connectivity index (χ0v) is 6.56. The summed E-state index contributed by atoms with van der Waals surface area (Å²) in [6.07, 6.45) is 4.86. The molecule has 0 rings (SSSR count). The Morgan fingerprint density at radius 1 is 1.60 bits per heavy atom. The maximum Gasteiger partial charge on any atom is 0.160 e. The van der Waals surface area contributed by atoms with Gasteiger partial charge in [0, 0.05) is 11.1 Å². The molecular weight excluding hydrogens is 148 g/mol. The molecule has 0 aliphatic rings. The van der Waals surface area contributed by atoms with E-state index in [1.165, 1.54) is 12.5 Å². The van der Waals surface area contributed by atoms with Gasteiger partial charge >= 0.3 is 0 Å². The molecule has 0 aliphatic heterocycles. The summed E-state index contributed by atoms with van der Waals surface area (Å²) in [5, 5.41) is 0. The van der Waals surface area contributed by atoms with Gasteiger partial charge in [0.15, 0.2) is 5.78 Å². The second-order valence-corrected chi connectivity index (χ2v) is 1.93. The summed E-state index contributed by atoms with van der Waals surface area (Å²) in [4.78, 5) is 10.6. The van der Waals surface area contributed by atoms with E-state index in [1.54, 1.807) is 18.2 Å². The van der Waals surface area contributed by atoms with Crippen LogP contribution in [0, 0.1) is 0 Å². The van der Waals surface area contributed by atoms with Gasteiger partial charge in [-0.1, -0.05) is 36.4 Å². The molecule has 0 unspecified atom stereocenters. The first-order chi connectivity index (χ1) is 4.72. The largest absolute Gasteiger partial charge is 0.294 e. The highest BCUT2D eigenvalue weighted by molar-refractivity contribution is 6.28. The van der Waals surface area contributed by atoms with Gasteiger partial charge in [-0.3, -0.25) is 4.79 Å². The third-order valence-electron chi connectivity index (χ3n) is 0.936. The number of hydrogen-bond donors (Lipinski definition) is 0. The normalized spacial score (nSPS) is 12.0. The molecule has 0 spiro atoms. The highest BCUT2D eigenvalue weighted by Gasteiger charge is 1.95. The minimum absolute atomic E-state index is 0.0481. The fourth-order valence-electron chi connectivity index (χ4n) is 0.402. The molecule has 0 aromatic carbocycles. The summed E-state index contributed by atoms with van der Waals surface area (Å²) < 4.78 is 0. The molecule has 54 valence electrons. The van der Waals surface area contributed by atoms with E-state index < -0.39 is 0 Å². The second-order valence-electron chi connectivity index (χ2n) is 1.72. The Morgan fingerprint density at radius 2 is 2.20 bits per heavy atom. The van der Waals surface area contributed by atoms with Crippen molar-refractivity contribution >= 4 is 17.4 Å². The van der Waals surface area contributed by atoms with Gasteiger partial charge in [0.25, 0.3) is 0 Å². The molecule has 10 heavy (non-hydrogen) atoms. The zero-order valence-electron chi connectivity index (χ0n) is 5.80. The van der Waals surface area contributed by atoms with Gasteiger partial charge in [-0.15, -0.1) is 0 Å². The molecule has 0 aromatic rings. The topological polar surface area (TPSA) is 17.1 Å². The van der Waals surface area contributed by atoms with Crippen molar-refractivity contribution in [3.05, 3.63) is 35.9 Å². The van der Waals surface area contributed by atoms with Crippen molar-refractivity contribution in [2.45, 2.75) is 6.92 Å². The molecule has 0 radical (unpaired) electrons. The first kappa shape index (κ1) is 9.18. The molecule has 0 atom stereocenters. The predicted molar refractivity (Wildman–Crippen MR) is 44.0 cm³/mol. The Balaban J connectivity index is 4.25. The number of ketones is 1. The third kappa shape index (κ3) is 3.25. The van der Waals surface area contributed by atoms with Crippen LogP contribution >= 0.6 is 11.6 Å². The highest BCUT2D eigenvalue weighted by atomic mass is 35.5. The molecule has 0 aromatic heterocycles. The average Bonchev–Trinajstić information content (AvgIpc) is 1.89. The number of hydrogen-bond acceptors (Lipinski definition) is 1. The Morgan fingerprint density at radius 3 is 2.50 bits per heavy atom. The second kappa shape index (κ2) is 5.00. The van der Waals surface area contributed by atoms with Crippen LogP contribution in [0.25, 0.3) is 0 Å². The van der Waals surface area contributed by atoms with Crippen molar-refractivity contribution in [3.8, 4) is 0 Å². The van der Waals surface area contributed by atoms with E-state index in [4.69, 9.17) is 11.6 Å². The van der Waals surface area contributed by atoms with Crippen molar-refractivity contribution in [1.82, 2.24) is 0 Å². The number of allylic oxidation sites excluding steroid dienone is 4. The third-order valence-corrected chi connectivity index (χ3v) is 1.17. The summed E-state index contributed by atoms with van der Waals surface area (Å²) >= 11 is 5.33. The molecular formula is C8H9ClO. The number of rotatable bonds is 3. The molecule has 0 heterocycles. The highest BCUT2D eigenvalue weighted by Crippen LogP contribution is 2.00. The average molecular weight is 157 g/mol. The smallest absolute Gasteiger partial charge is 0.160 e. The molecule has 0 fully saturated rings. The minimum atomic E-state index is -0.0481. The van der Waals surface area contributed by atoms with Crippen LogP contribution in [0.4, 0.5) is 0 Å². The van der Waals surface area contributed by atoms with Crippen LogP contribution in [-0.2, 0) is 4.79 Å². The lowest BCUT2D eigenvalue weighted by atomic mass is 10.2. The van der Waals surface area contributed by atoms with Crippen LogP contribution in [0.1, 0.15) is 6.92 Å². The Hall–Kier alpha value is -0.820. The van der Waals surface area contributed by atoms with Crippen LogP contribution in [-0.4, -0.2) is 5.78 Å². The summed E-state index contributed by atoms with van der Waals surface area (Å²) in [5.41, 5.74) is 1.74. The molecule has 0 saturated heterocycles.